The molecule has 0 amide bonds. The number of hydrogen-bond acceptors (Lipinski definition) is 6. The van der Waals surface area contributed by atoms with Crippen molar-refractivity contribution in [1.82, 2.24) is 15.3 Å². The first kappa shape index (κ1) is 20.1. The van der Waals surface area contributed by atoms with Gasteiger partial charge in [-0.1, -0.05) is 11.6 Å². The van der Waals surface area contributed by atoms with Gasteiger partial charge in [-0.15, -0.1) is 0 Å². The Bertz CT molecular complexity index is 1160. The lowest BCUT2D eigenvalue weighted by molar-refractivity contribution is 0.680. The molecule has 6 nitrogen and oxygen atoms in total. The zero-order valence-electron chi connectivity index (χ0n) is 16.4. The Balaban J connectivity index is 1.68. The second kappa shape index (κ2) is 8.29. The number of hydrogen-bond donors (Lipinski definition) is 2. The average Bonchev–Trinajstić information content (AvgIpc) is 2.76. The number of anilines is 1. The normalized spacial score (nSPS) is 18.3. The Hall–Kier alpha value is -3.18. The maximum absolute atomic E-state index is 14.2. The van der Waals surface area contributed by atoms with Crippen LogP contribution in [0.1, 0.15) is 5.56 Å². The van der Waals surface area contributed by atoms with Crippen LogP contribution in [0.3, 0.4) is 0 Å². The van der Waals surface area contributed by atoms with Crippen LogP contribution in [0.25, 0.3) is 16.6 Å². The minimum absolute atomic E-state index is 0.0958. The number of pyridine rings is 2. The van der Waals surface area contributed by atoms with Crippen molar-refractivity contribution in [2.24, 2.45) is 0 Å². The standard InChI is InChI=1S/C21H19BClFN6/c1-27-10-15-6-13(8-18(24)20(15)26)14-7-16-17(23)9-19(29-21(16)28-11-14)30-4-2-22(12-25)3-5-30/h6-11,26-27H,2-5H2,1H3/b15-10-,26-20?. The number of allylic oxidation sites excluding steroid dienone is 5. The second-order valence-electron chi connectivity index (χ2n) is 7.30. The molecule has 9 heteroatoms. The molecule has 0 aromatic carbocycles. The van der Waals surface area contributed by atoms with Crippen molar-refractivity contribution < 1.29 is 4.39 Å². The minimum atomic E-state index is -0.602. The fourth-order valence-corrected chi connectivity index (χ4v) is 3.91. The molecule has 0 bridgehead atoms. The van der Waals surface area contributed by atoms with E-state index in [0.29, 0.717) is 32.8 Å². The number of rotatable bonds is 3. The van der Waals surface area contributed by atoms with Crippen LogP contribution in [0.15, 0.2) is 48.1 Å². The molecule has 30 heavy (non-hydrogen) atoms. The van der Waals surface area contributed by atoms with Crippen LogP contribution in [-0.2, 0) is 0 Å². The summed E-state index contributed by atoms with van der Waals surface area (Å²) in [5.41, 5.74) is 2.11. The SMILES string of the molecule is CN/C=C1/C=C(c2cnc3nc(N4CCB(C#N)CC4)cc(Cl)c3c2)C=C(F)C1=N. The summed E-state index contributed by atoms with van der Waals surface area (Å²) >= 11 is 6.56. The van der Waals surface area contributed by atoms with E-state index in [4.69, 9.17) is 22.3 Å². The zero-order valence-corrected chi connectivity index (χ0v) is 17.2. The van der Waals surface area contributed by atoms with E-state index in [1.807, 2.05) is 12.1 Å². The molecule has 2 aromatic rings. The third-order valence-corrected chi connectivity index (χ3v) is 5.67. The number of nitrogens with one attached hydrogen (secondary N) is 2. The molecule has 0 saturated carbocycles. The van der Waals surface area contributed by atoms with Gasteiger partial charge in [0.2, 0.25) is 0 Å². The van der Waals surface area contributed by atoms with Crippen molar-refractivity contribution in [1.29, 1.82) is 10.7 Å². The van der Waals surface area contributed by atoms with Gasteiger partial charge in [0, 0.05) is 61.1 Å². The molecular weight excluding hydrogens is 402 g/mol. The van der Waals surface area contributed by atoms with Gasteiger partial charge in [-0.25, -0.2) is 19.6 Å². The highest BCUT2D eigenvalue weighted by Gasteiger charge is 2.24. The summed E-state index contributed by atoms with van der Waals surface area (Å²) in [5, 5.41) is 21.0. The average molecular weight is 421 g/mol. The Morgan fingerprint density at radius 2 is 2.10 bits per heavy atom. The van der Waals surface area contributed by atoms with Gasteiger partial charge in [-0.2, -0.15) is 0 Å². The summed E-state index contributed by atoms with van der Waals surface area (Å²) in [4.78, 5) is 11.2. The van der Waals surface area contributed by atoms with E-state index < -0.39 is 5.83 Å². The number of fused-ring (bicyclic) bond motifs is 1. The molecule has 2 N–H and O–H groups in total. The molecular formula is C21H19BClFN6. The summed E-state index contributed by atoms with van der Waals surface area (Å²) in [6.07, 6.45) is 7.90. The van der Waals surface area contributed by atoms with E-state index in [1.54, 1.807) is 25.5 Å². The molecule has 2 aromatic heterocycles. The van der Waals surface area contributed by atoms with Gasteiger partial charge in [0.25, 0.3) is 6.71 Å². The highest BCUT2D eigenvalue weighted by molar-refractivity contribution is 6.67. The lowest BCUT2D eigenvalue weighted by atomic mass is 9.45. The van der Waals surface area contributed by atoms with Crippen molar-refractivity contribution >= 4 is 46.4 Å². The van der Waals surface area contributed by atoms with Crippen LogP contribution in [0.5, 0.6) is 0 Å². The van der Waals surface area contributed by atoms with Crippen molar-refractivity contribution in [2.75, 3.05) is 25.0 Å². The number of aromatic nitrogens is 2. The lowest BCUT2D eigenvalue weighted by Crippen LogP contribution is -2.37. The van der Waals surface area contributed by atoms with Crippen LogP contribution in [0.2, 0.25) is 17.7 Å². The number of halogens is 2. The molecule has 1 fully saturated rings. The Kier molecular flexibility index (Phi) is 5.56. The largest absolute Gasteiger partial charge is 0.393 e. The molecule has 1 aliphatic heterocycles. The molecule has 150 valence electrons. The fourth-order valence-electron chi connectivity index (χ4n) is 3.68. The fraction of sp³-hybridized carbons (Fsp3) is 0.238. The Morgan fingerprint density at radius 1 is 1.33 bits per heavy atom. The molecule has 3 heterocycles. The van der Waals surface area contributed by atoms with Crippen molar-refractivity contribution in [3.05, 3.63) is 58.7 Å². The van der Waals surface area contributed by atoms with Gasteiger partial charge in [0.05, 0.1) is 10.7 Å². The van der Waals surface area contributed by atoms with E-state index in [-0.39, 0.29) is 12.4 Å². The van der Waals surface area contributed by atoms with Crippen molar-refractivity contribution in [2.45, 2.75) is 12.6 Å². The monoisotopic (exact) mass is 420 g/mol. The molecule has 0 unspecified atom stereocenters. The first-order valence-electron chi connectivity index (χ1n) is 9.67. The van der Waals surface area contributed by atoms with Gasteiger partial charge < -0.3 is 10.2 Å². The molecule has 0 radical (unpaired) electrons. The maximum Gasteiger partial charge on any atom is 0.271 e. The summed E-state index contributed by atoms with van der Waals surface area (Å²) in [7, 11) is 1.70. The topological polar surface area (TPSA) is 88.7 Å². The van der Waals surface area contributed by atoms with E-state index in [1.165, 1.54) is 6.08 Å². The molecule has 0 atom stereocenters. The van der Waals surface area contributed by atoms with Crippen molar-refractivity contribution in [3.63, 3.8) is 0 Å². The molecule has 4 rings (SSSR count). The predicted molar refractivity (Wildman–Crippen MR) is 120 cm³/mol. The highest BCUT2D eigenvalue weighted by atomic mass is 35.5. The highest BCUT2D eigenvalue weighted by Crippen LogP contribution is 2.32. The van der Waals surface area contributed by atoms with E-state index in [9.17, 15) is 4.39 Å². The van der Waals surface area contributed by atoms with Crippen LogP contribution in [0.4, 0.5) is 10.2 Å². The molecule has 2 aliphatic rings. The van der Waals surface area contributed by atoms with Crippen molar-refractivity contribution in [3.8, 4) is 5.97 Å². The van der Waals surface area contributed by atoms with E-state index >= 15 is 0 Å². The summed E-state index contributed by atoms with van der Waals surface area (Å²) < 4.78 is 14.2. The van der Waals surface area contributed by atoms with Gasteiger partial charge in [-0.05, 0) is 36.4 Å². The third-order valence-electron chi connectivity index (χ3n) is 5.36. The van der Waals surface area contributed by atoms with Crippen LogP contribution in [-0.4, -0.2) is 42.5 Å². The quantitative estimate of drug-likeness (QED) is 0.732. The molecule has 1 aliphatic carbocycles. The van der Waals surface area contributed by atoms with Crippen LogP contribution >= 0.6 is 11.6 Å². The van der Waals surface area contributed by atoms with Crippen LogP contribution in [0, 0.1) is 16.6 Å². The smallest absolute Gasteiger partial charge is 0.271 e. The predicted octanol–water partition coefficient (Wildman–Crippen LogP) is 4.03. The summed E-state index contributed by atoms with van der Waals surface area (Å²) in [5.74, 6) is 2.48. The first-order chi connectivity index (χ1) is 14.5. The third kappa shape index (κ3) is 3.81. The summed E-state index contributed by atoms with van der Waals surface area (Å²) in [6.45, 7) is 1.61. The molecule has 0 spiro atoms. The van der Waals surface area contributed by atoms with Gasteiger partial charge in [0.1, 0.15) is 11.6 Å². The number of nitriles is 1. The number of nitrogens with zero attached hydrogens (tertiary/aromatic N) is 4. The first-order valence-corrected chi connectivity index (χ1v) is 10.0. The van der Waals surface area contributed by atoms with Gasteiger partial charge >= 0.3 is 0 Å². The minimum Gasteiger partial charge on any atom is -0.393 e. The second-order valence-corrected chi connectivity index (χ2v) is 7.71. The molecule has 1 saturated heterocycles. The van der Waals surface area contributed by atoms with Gasteiger partial charge in [-0.3, -0.25) is 5.41 Å². The Labute approximate surface area is 179 Å². The maximum atomic E-state index is 14.2. The van der Waals surface area contributed by atoms with Gasteiger partial charge in [0.15, 0.2) is 5.65 Å². The lowest BCUT2D eigenvalue weighted by Gasteiger charge is -2.29. The summed E-state index contributed by atoms with van der Waals surface area (Å²) in [6, 6.07) is 3.65. The van der Waals surface area contributed by atoms with E-state index in [2.05, 4.69) is 26.2 Å². The van der Waals surface area contributed by atoms with Crippen LogP contribution < -0.4 is 10.2 Å². The van der Waals surface area contributed by atoms with E-state index in [0.717, 1.165) is 31.5 Å². The zero-order chi connectivity index (χ0) is 21.3. The Morgan fingerprint density at radius 3 is 2.80 bits per heavy atom.